The Bertz CT molecular complexity index is 3600. The molecule has 296 valence electrons. The number of thiophene rings is 2. The fraction of sp³-hybridized carbons (Fsp3) is 0. The first kappa shape index (κ1) is 37.2. The van der Waals surface area contributed by atoms with Gasteiger partial charge in [-0.05, 0) is 155 Å². The first-order valence-electron chi connectivity index (χ1n) is 21.4. The van der Waals surface area contributed by atoms with Crippen molar-refractivity contribution in [2.45, 2.75) is 0 Å². The van der Waals surface area contributed by atoms with Crippen molar-refractivity contribution >= 4 is 82.8 Å². The highest BCUT2D eigenvalue weighted by Gasteiger charge is 2.20. The summed E-state index contributed by atoms with van der Waals surface area (Å²) in [5, 5.41) is 10.0. The first-order valence-corrected chi connectivity index (χ1v) is 23.0. The molecule has 0 aliphatic carbocycles. The van der Waals surface area contributed by atoms with Gasteiger partial charge < -0.3 is 4.90 Å². The van der Waals surface area contributed by atoms with Crippen molar-refractivity contribution in [3.8, 4) is 52.9 Å². The fourth-order valence-electron chi connectivity index (χ4n) is 9.29. The summed E-state index contributed by atoms with van der Waals surface area (Å²) in [6, 6.07) is 86.6. The van der Waals surface area contributed by atoms with Crippen LogP contribution in [-0.4, -0.2) is 0 Å². The van der Waals surface area contributed by atoms with Crippen LogP contribution in [0.1, 0.15) is 0 Å². The van der Waals surface area contributed by atoms with E-state index in [4.69, 9.17) is 0 Å². The third kappa shape index (κ3) is 6.79. The zero-order valence-electron chi connectivity index (χ0n) is 34.3. The van der Waals surface area contributed by atoms with Crippen LogP contribution in [0.3, 0.4) is 0 Å². The maximum atomic E-state index is 2.45. The number of para-hydroxylation sites is 2. The summed E-state index contributed by atoms with van der Waals surface area (Å²) in [5.74, 6) is 0. The van der Waals surface area contributed by atoms with Gasteiger partial charge in [0.1, 0.15) is 0 Å². The monoisotopic (exact) mass is 837 g/mol. The molecule has 12 rings (SSSR count). The van der Waals surface area contributed by atoms with E-state index >= 15 is 0 Å². The maximum absolute atomic E-state index is 2.45. The van der Waals surface area contributed by atoms with Crippen LogP contribution < -0.4 is 4.90 Å². The molecule has 0 N–H and O–H groups in total. The number of nitrogens with zero attached hydrogens (tertiary/aromatic N) is 1. The van der Waals surface area contributed by atoms with Crippen LogP contribution in [0.5, 0.6) is 0 Å². The molecule has 0 unspecified atom stereocenters. The molecule has 0 bridgehead atoms. The van der Waals surface area contributed by atoms with E-state index in [0.717, 1.165) is 17.1 Å². The van der Waals surface area contributed by atoms with Gasteiger partial charge in [0.2, 0.25) is 0 Å². The van der Waals surface area contributed by atoms with Gasteiger partial charge >= 0.3 is 0 Å². The normalized spacial score (nSPS) is 11.5. The van der Waals surface area contributed by atoms with Crippen molar-refractivity contribution < 1.29 is 0 Å². The summed E-state index contributed by atoms with van der Waals surface area (Å²) in [6.07, 6.45) is 0. The lowest BCUT2D eigenvalue weighted by Crippen LogP contribution is -2.09. The predicted molar refractivity (Wildman–Crippen MR) is 274 cm³/mol. The number of anilines is 3. The minimum atomic E-state index is 1.13. The van der Waals surface area contributed by atoms with Crippen molar-refractivity contribution in [3.05, 3.63) is 237 Å². The number of hydrogen-bond donors (Lipinski definition) is 0. The number of hydrogen-bond acceptors (Lipinski definition) is 3. The zero-order valence-corrected chi connectivity index (χ0v) is 35.9. The largest absolute Gasteiger partial charge is 0.310 e. The smallest absolute Gasteiger partial charge is 0.0468 e. The molecule has 12 aromatic rings. The summed E-state index contributed by atoms with van der Waals surface area (Å²) in [7, 11) is 0. The van der Waals surface area contributed by atoms with Crippen LogP contribution in [0, 0.1) is 0 Å². The summed E-state index contributed by atoms with van der Waals surface area (Å²) in [5.41, 5.74) is 10.9. The van der Waals surface area contributed by atoms with E-state index in [1.165, 1.54) is 96.0 Å². The molecule has 2 aromatic heterocycles. The van der Waals surface area contributed by atoms with Gasteiger partial charge in [-0.15, -0.1) is 22.7 Å². The third-order valence-electron chi connectivity index (χ3n) is 12.3. The highest BCUT2D eigenvalue weighted by Crippen LogP contribution is 2.47. The van der Waals surface area contributed by atoms with Crippen molar-refractivity contribution in [2.24, 2.45) is 0 Å². The van der Waals surface area contributed by atoms with Gasteiger partial charge in [0.05, 0.1) is 0 Å². The van der Waals surface area contributed by atoms with Crippen molar-refractivity contribution in [2.75, 3.05) is 4.90 Å². The molecular formula is C60H39NS2. The Hall–Kier alpha value is -7.56. The molecule has 0 aliphatic rings. The molecular weight excluding hydrogens is 799 g/mol. The minimum Gasteiger partial charge on any atom is -0.310 e. The predicted octanol–water partition coefficient (Wildman–Crippen LogP) is 18.2. The molecule has 0 saturated heterocycles. The van der Waals surface area contributed by atoms with Gasteiger partial charge in [0.25, 0.3) is 0 Å². The van der Waals surface area contributed by atoms with Gasteiger partial charge in [-0.2, -0.15) is 0 Å². The van der Waals surface area contributed by atoms with E-state index in [-0.39, 0.29) is 0 Å². The molecule has 63 heavy (non-hydrogen) atoms. The van der Waals surface area contributed by atoms with Crippen LogP contribution >= 0.6 is 22.7 Å². The van der Waals surface area contributed by atoms with E-state index in [1.807, 2.05) is 22.7 Å². The Morgan fingerprint density at radius 2 is 0.667 bits per heavy atom. The second kappa shape index (κ2) is 15.7. The first-order chi connectivity index (χ1) is 31.2. The molecule has 0 fully saturated rings. The van der Waals surface area contributed by atoms with Gasteiger partial charge in [-0.1, -0.05) is 158 Å². The molecule has 3 heteroatoms. The average Bonchev–Trinajstić information content (AvgIpc) is 4.05. The molecule has 0 spiro atoms. The Labute approximate surface area is 375 Å². The van der Waals surface area contributed by atoms with Crippen molar-refractivity contribution in [3.63, 3.8) is 0 Å². The molecule has 0 aliphatic heterocycles. The van der Waals surface area contributed by atoms with Crippen LogP contribution in [0.15, 0.2) is 237 Å². The minimum absolute atomic E-state index is 1.13. The van der Waals surface area contributed by atoms with E-state index in [1.54, 1.807) is 0 Å². The lowest BCUT2D eigenvalue weighted by molar-refractivity contribution is 1.28. The van der Waals surface area contributed by atoms with Crippen LogP contribution in [0.4, 0.5) is 17.1 Å². The summed E-state index contributed by atoms with van der Waals surface area (Å²) in [6.45, 7) is 0. The number of fused-ring (bicyclic) bond motifs is 4. The lowest BCUT2D eigenvalue weighted by Gasteiger charge is -2.25. The van der Waals surface area contributed by atoms with Crippen LogP contribution in [-0.2, 0) is 0 Å². The van der Waals surface area contributed by atoms with Crippen LogP contribution in [0.25, 0.3) is 96.0 Å². The maximum Gasteiger partial charge on any atom is 0.0468 e. The van der Waals surface area contributed by atoms with Crippen molar-refractivity contribution in [1.29, 1.82) is 0 Å². The number of benzene rings is 10. The SMILES string of the molecule is c1ccc(N(c2ccccc2)c2cccc(-c3ccc(-c4ccc(-c5ccc6c(-c7ccc8ccccc8c7)c7ccccc7c(-c7ccc8ccccc8c7)c6c5)s4)s3)c2)cc1. The highest BCUT2D eigenvalue weighted by atomic mass is 32.1. The number of rotatable bonds is 8. The molecule has 1 nitrogen and oxygen atoms in total. The van der Waals surface area contributed by atoms with Gasteiger partial charge in [-0.25, -0.2) is 0 Å². The molecule has 2 heterocycles. The average molecular weight is 838 g/mol. The van der Waals surface area contributed by atoms with E-state index in [9.17, 15) is 0 Å². The van der Waals surface area contributed by atoms with E-state index in [2.05, 4.69) is 241 Å². The second-order valence-corrected chi connectivity index (χ2v) is 18.2. The molecule has 10 aromatic carbocycles. The topological polar surface area (TPSA) is 3.24 Å². The quantitative estimate of drug-likeness (QED) is 0.138. The Kier molecular flexibility index (Phi) is 9.29. The van der Waals surface area contributed by atoms with Gasteiger partial charge in [0, 0.05) is 36.6 Å². The summed E-state index contributed by atoms with van der Waals surface area (Å²) in [4.78, 5) is 7.39. The van der Waals surface area contributed by atoms with E-state index in [0.29, 0.717) is 0 Å². The zero-order chi connectivity index (χ0) is 41.7. The summed E-state index contributed by atoms with van der Waals surface area (Å²) < 4.78 is 0. The molecule has 0 atom stereocenters. The van der Waals surface area contributed by atoms with Crippen molar-refractivity contribution in [1.82, 2.24) is 0 Å². The fourth-order valence-corrected chi connectivity index (χ4v) is 11.4. The third-order valence-corrected chi connectivity index (χ3v) is 14.7. The highest BCUT2D eigenvalue weighted by molar-refractivity contribution is 7.25. The Morgan fingerprint density at radius 3 is 1.24 bits per heavy atom. The Balaban J connectivity index is 0.960. The van der Waals surface area contributed by atoms with Crippen LogP contribution in [0.2, 0.25) is 0 Å². The van der Waals surface area contributed by atoms with E-state index < -0.39 is 0 Å². The second-order valence-electron chi connectivity index (χ2n) is 16.1. The Morgan fingerprint density at radius 1 is 0.238 bits per heavy atom. The molecule has 0 saturated carbocycles. The van der Waals surface area contributed by atoms with Gasteiger partial charge in [-0.3, -0.25) is 0 Å². The molecule has 0 radical (unpaired) electrons. The molecule has 0 amide bonds. The van der Waals surface area contributed by atoms with Gasteiger partial charge in [0.15, 0.2) is 0 Å². The lowest BCUT2D eigenvalue weighted by atomic mass is 9.84. The summed E-state index contributed by atoms with van der Waals surface area (Å²) >= 11 is 3.73. The standard InChI is InChI=1S/C60H39NS2/c1-3-19-48(20-4-1)61(49-21-5-2-6-22-49)50-23-13-18-44(38-50)55-32-34-57(62-55)58-35-33-56(63-58)45-30-31-53-54(39-45)60(47-29-27-41-15-8-10-17-43(41)37-47)52-25-12-11-24-51(52)59(53)46-28-26-40-14-7-9-16-42(40)36-46/h1-39H.